The van der Waals surface area contributed by atoms with Gasteiger partial charge in [0.25, 0.3) is 0 Å². The summed E-state index contributed by atoms with van der Waals surface area (Å²) in [6.07, 6.45) is 2.46. The maximum Gasteiger partial charge on any atom is 0.490 e. The van der Waals surface area contributed by atoms with Gasteiger partial charge in [-0.3, -0.25) is 4.79 Å². The molecule has 226 valence electrons. The summed E-state index contributed by atoms with van der Waals surface area (Å²) >= 11 is 0. The highest BCUT2D eigenvalue weighted by molar-refractivity contribution is 5.83. The van der Waals surface area contributed by atoms with E-state index >= 15 is 0 Å². The summed E-state index contributed by atoms with van der Waals surface area (Å²) in [5.74, 6) is -2.25. The maximum absolute atomic E-state index is 12.3. The zero-order chi connectivity index (χ0) is 30.0. The second-order valence-electron chi connectivity index (χ2n) is 10.9. The van der Waals surface area contributed by atoms with Crippen molar-refractivity contribution >= 4 is 22.7 Å². The van der Waals surface area contributed by atoms with Crippen molar-refractivity contribution in [3.05, 3.63) is 83.4 Å². The fourth-order valence-corrected chi connectivity index (χ4v) is 5.58. The zero-order valence-electron chi connectivity index (χ0n) is 23.6. The minimum absolute atomic E-state index is 0.00225. The van der Waals surface area contributed by atoms with E-state index in [1.165, 1.54) is 33.9 Å². The van der Waals surface area contributed by atoms with Crippen LogP contribution in [0.25, 0.3) is 10.8 Å². The van der Waals surface area contributed by atoms with E-state index in [2.05, 4.69) is 72.0 Å². The molecular weight excluding hydrogens is 547 g/mol. The number of ether oxygens (including phenoxy) is 2. The van der Waals surface area contributed by atoms with Crippen LogP contribution in [0.2, 0.25) is 0 Å². The molecule has 0 spiro atoms. The number of fused-ring (bicyclic) bond motifs is 1. The van der Waals surface area contributed by atoms with Crippen molar-refractivity contribution in [3.63, 3.8) is 0 Å². The number of rotatable bonds is 8. The standard InChI is InChI=1S/C31H37NO3.C2HF3O2/c33-31(27-7-2-1-3-8-27)34-19-17-23-10-14-26(15-11-23)29-16-18-32-21-30(29)35-22-24-12-13-25-6-4-5-9-28(25)20-24;3-2(4,5)1(6)7/h4-6,9-15,20,27,29-30,32H,1-3,7-8,16-19,21-22H2;(H,6,7). The molecule has 2 N–H and O–H groups in total. The number of alkyl halides is 3. The highest BCUT2D eigenvalue weighted by Crippen LogP contribution is 2.29. The topological polar surface area (TPSA) is 84.9 Å². The summed E-state index contributed by atoms with van der Waals surface area (Å²) in [4.78, 5) is 21.2. The molecule has 0 aromatic heterocycles. The number of aliphatic carboxylic acids is 1. The fraction of sp³-hybridized carbons (Fsp3) is 0.455. The molecule has 2 unspecified atom stereocenters. The molecule has 9 heteroatoms. The minimum Gasteiger partial charge on any atom is -0.475 e. The Bertz CT molecular complexity index is 1310. The third kappa shape index (κ3) is 9.29. The lowest BCUT2D eigenvalue weighted by Gasteiger charge is -2.32. The summed E-state index contributed by atoms with van der Waals surface area (Å²) in [7, 11) is 0. The highest BCUT2D eigenvalue weighted by Gasteiger charge is 2.38. The van der Waals surface area contributed by atoms with E-state index in [0.717, 1.165) is 51.6 Å². The first-order chi connectivity index (χ1) is 20.2. The monoisotopic (exact) mass is 585 g/mol. The van der Waals surface area contributed by atoms with Crippen LogP contribution in [0.1, 0.15) is 61.1 Å². The van der Waals surface area contributed by atoms with Crippen LogP contribution in [-0.2, 0) is 32.1 Å². The smallest absolute Gasteiger partial charge is 0.475 e. The largest absolute Gasteiger partial charge is 0.490 e. The van der Waals surface area contributed by atoms with E-state index in [1.54, 1.807) is 0 Å². The lowest BCUT2D eigenvalue weighted by Crippen LogP contribution is -2.40. The number of carbonyl (C=O) groups is 2. The van der Waals surface area contributed by atoms with Gasteiger partial charge in [0.15, 0.2) is 0 Å². The number of esters is 1. The molecule has 6 nitrogen and oxygen atoms in total. The van der Waals surface area contributed by atoms with Gasteiger partial charge >= 0.3 is 18.1 Å². The van der Waals surface area contributed by atoms with Gasteiger partial charge in [0.1, 0.15) is 0 Å². The first-order valence-corrected chi connectivity index (χ1v) is 14.6. The van der Waals surface area contributed by atoms with Crippen LogP contribution in [0.3, 0.4) is 0 Å². The quantitative estimate of drug-likeness (QED) is 0.283. The Morgan fingerprint density at radius 3 is 2.24 bits per heavy atom. The summed E-state index contributed by atoms with van der Waals surface area (Å²) < 4.78 is 43.8. The number of hydrogen-bond acceptors (Lipinski definition) is 5. The summed E-state index contributed by atoms with van der Waals surface area (Å²) in [6, 6.07) is 23.9. The number of benzene rings is 3. The normalized spacial score (nSPS) is 19.5. The van der Waals surface area contributed by atoms with Crippen molar-refractivity contribution < 1.29 is 37.3 Å². The van der Waals surface area contributed by atoms with Crippen molar-refractivity contribution in [2.24, 2.45) is 5.92 Å². The molecule has 2 atom stereocenters. The van der Waals surface area contributed by atoms with Gasteiger partial charge in [-0.25, -0.2) is 4.79 Å². The number of carboxylic acids is 1. The van der Waals surface area contributed by atoms with Crippen LogP contribution in [0.5, 0.6) is 0 Å². The van der Waals surface area contributed by atoms with Gasteiger partial charge in [-0.05, 0) is 59.3 Å². The number of piperidine rings is 1. The van der Waals surface area contributed by atoms with Gasteiger partial charge in [0.05, 0.1) is 25.2 Å². The summed E-state index contributed by atoms with van der Waals surface area (Å²) in [5, 5.41) is 13.1. The predicted molar refractivity (Wildman–Crippen MR) is 154 cm³/mol. The lowest BCUT2D eigenvalue weighted by atomic mass is 9.87. The first-order valence-electron chi connectivity index (χ1n) is 14.6. The van der Waals surface area contributed by atoms with Gasteiger partial charge in [0, 0.05) is 18.9 Å². The molecule has 42 heavy (non-hydrogen) atoms. The zero-order valence-corrected chi connectivity index (χ0v) is 23.6. The number of halogens is 3. The second kappa shape index (κ2) is 15.2. The molecule has 3 aromatic rings. The molecule has 0 radical (unpaired) electrons. The van der Waals surface area contributed by atoms with Crippen LogP contribution in [-0.4, -0.2) is 49.0 Å². The van der Waals surface area contributed by atoms with E-state index < -0.39 is 12.1 Å². The Morgan fingerprint density at radius 1 is 0.881 bits per heavy atom. The minimum atomic E-state index is -5.08. The van der Waals surface area contributed by atoms with Crippen molar-refractivity contribution in [1.29, 1.82) is 0 Å². The first kappa shape index (κ1) is 31.5. The Labute approximate surface area is 244 Å². The van der Waals surface area contributed by atoms with Crippen LogP contribution in [0.15, 0.2) is 66.7 Å². The molecule has 1 heterocycles. The number of nitrogens with one attached hydrogen (secondary N) is 1. The SMILES string of the molecule is O=C(O)C(F)(F)F.O=C(OCCc1ccc(C2CCNCC2OCc2ccc3ccccc3c2)cc1)C1CCCCC1. The molecule has 2 fully saturated rings. The Morgan fingerprint density at radius 2 is 1.55 bits per heavy atom. The molecule has 2 aliphatic rings. The average molecular weight is 586 g/mol. The Kier molecular flexibility index (Phi) is 11.4. The molecule has 0 bridgehead atoms. The average Bonchev–Trinajstić information content (AvgIpc) is 3.00. The number of carboxylic acid groups (broad SMARTS) is 1. The van der Waals surface area contributed by atoms with Crippen molar-refractivity contribution in [1.82, 2.24) is 5.32 Å². The van der Waals surface area contributed by atoms with Gasteiger partial charge in [-0.1, -0.05) is 79.9 Å². The summed E-state index contributed by atoms with van der Waals surface area (Å²) in [5.41, 5.74) is 3.76. The number of carbonyl (C=O) groups excluding carboxylic acids is 1. The van der Waals surface area contributed by atoms with Crippen molar-refractivity contribution in [2.45, 2.75) is 69.8 Å². The van der Waals surface area contributed by atoms with E-state index in [4.69, 9.17) is 19.4 Å². The van der Waals surface area contributed by atoms with Crippen molar-refractivity contribution in [3.8, 4) is 0 Å². The lowest BCUT2D eigenvalue weighted by molar-refractivity contribution is -0.192. The molecule has 0 amide bonds. The third-order valence-electron chi connectivity index (χ3n) is 7.93. The summed E-state index contributed by atoms with van der Waals surface area (Å²) in [6.45, 7) is 2.98. The molecule has 1 saturated heterocycles. The van der Waals surface area contributed by atoms with Gasteiger partial charge in [0.2, 0.25) is 0 Å². The molecule has 3 aromatic carbocycles. The van der Waals surface area contributed by atoms with E-state index in [0.29, 0.717) is 19.1 Å². The Balaban J connectivity index is 0.000000517. The second-order valence-corrected chi connectivity index (χ2v) is 10.9. The predicted octanol–water partition coefficient (Wildman–Crippen LogP) is 6.80. The molecule has 1 aliphatic heterocycles. The van der Waals surface area contributed by atoms with E-state index in [1.807, 2.05) is 0 Å². The molecule has 1 saturated carbocycles. The van der Waals surface area contributed by atoms with Gasteiger partial charge in [-0.2, -0.15) is 13.2 Å². The maximum atomic E-state index is 12.3. The fourth-order valence-electron chi connectivity index (χ4n) is 5.58. The van der Waals surface area contributed by atoms with Crippen LogP contribution in [0.4, 0.5) is 13.2 Å². The van der Waals surface area contributed by atoms with Crippen LogP contribution >= 0.6 is 0 Å². The molecule has 5 rings (SSSR count). The van der Waals surface area contributed by atoms with Crippen LogP contribution < -0.4 is 5.32 Å². The van der Waals surface area contributed by atoms with E-state index in [9.17, 15) is 18.0 Å². The van der Waals surface area contributed by atoms with Gasteiger partial charge < -0.3 is 19.9 Å². The number of hydrogen-bond donors (Lipinski definition) is 2. The van der Waals surface area contributed by atoms with Crippen molar-refractivity contribution in [2.75, 3.05) is 19.7 Å². The molecular formula is C33H38F3NO5. The molecule has 1 aliphatic carbocycles. The highest BCUT2D eigenvalue weighted by atomic mass is 19.4. The van der Waals surface area contributed by atoms with Crippen LogP contribution in [0, 0.1) is 5.92 Å². The third-order valence-corrected chi connectivity index (χ3v) is 7.93. The van der Waals surface area contributed by atoms with Gasteiger partial charge in [-0.15, -0.1) is 0 Å². The Hall–Kier alpha value is -3.43. The van der Waals surface area contributed by atoms with E-state index in [-0.39, 0.29) is 18.0 Å².